The molecule has 0 amide bonds. The predicted octanol–water partition coefficient (Wildman–Crippen LogP) is 13.0. The van der Waals surface area contributed by atoms with Crippen LogP contribution in [0.25, 0.3) is 87.6 Å². The molecule has 9 aromatic rings. The van der Waals surface area contributed by atoms with Crippen LogP contribution >= 0.6 is 0 Å². The molecule has 0 heteroatoms. The van der Waals surface area contributed by atoms with E-state index < -0.39 is 0 Å². The number of hydrogen-bond acceptors (Lipinski definition) is 0. The third-order valence-electron chi connectivity index (χ3n) is 9.47. The maximum atomic E-state index is 2.35. The molecule has 46 heavy (non-hydrogen) atoms. The summed E-state index contributed by atoms with van der Waals surface area (Å²) in [4.78, 5) is 0. The number of benzene rings is 9. The summed E-state index contributed by atoms with van der Waals surface area (Å²) < 4.78 is 0. The average Bonchev–Trinajstić information content (AvgIpc) is 3.14. The van der Waals surface area contributed by atoms with Crippen LogP contribution in [0.2, 0.25) is 0 Å². The standard InChI is InChI=1S/C46H30/c1-2-12-31(13-3-1)32-22-26-34(27-23-32)45-42-20-10-8-17-39(42)40-18-9-11-21-43(40)46(45)35-28-24-33(25-29-35)44-30-36-14-4-5-15-37(36)38-16-6-7-19-41(38)44/h1-30H. The van der Waals surface area contributed by atoms with Gasteiger partial charge in [0.1, 0.15) is 0 Å². The summed E-state index contributed by atoms with van der Waals surface area (Å²) in [6, 6.07) is 66.5. The summed E-state index contributed by atoms with van der Waals surface area (Å²) in [7, 11) is 0. The Labute approximate surface area is 268 Å². The van der Waals surface area contributed by atoms with Gasteiger partial charge in [0.25, 0.3) is 0 Å². The molecule has 0 atom stereocenters. The summed E-state index contributed by atoms with van der Waals surface area (Å²) in [6.45, 7) is 0. The van der Waals surface area contributed by atoms with Crippen LogP contribution in [0.1, 0.15) is 0 Å². The monoisotopic (exact) mass is 582 g/mol. The topological polar surface area (TPSA) is 0 Å². The molecule has 0 nitrogen and oxygen atoms in total. The zero-order valence-electron chi connectivity index (χ0n) is 25.3. The van der Waals surface area contributed by atoms with Crippen molar-refractivity contribution in [3.05, 3.63) is 182 Å². The lowest BCUT2D eigenvalue weighted by Crippen LogP contribution is -1.92. The van der Waals surface area contributed by atoms with Gasteiger partial charge < -0.3 is 0 Å². The lowest BCUT2D eigenvalue weighted by atomic mass is 9.84. The molecular formula is C46H30. The van der Waals surface area contributed by atoms with Gasteiger partial charge in [-0.1, -0.05) is 176 Å². The van der Waals surface area contributed by atoms with Crippen LogP contribution in [0.3, 0.4) is 0 Å². The van der Waals surface area contributed by atoms with Crippen molar-refractivity contribution in [2.45, 2.75) is 0 Å². The third-order valence-corrected chi connectivity index (χ3v) is 9.47. The number of hydrogen-bond donors (Lipinski definition) is 0. The maximum Gasteiger partial charge on any atom is -0.00203 e. The van der Waals surface area contributed by atoms with Crippen LogP contribution in [0, 0.1) is 0 Å². The molecule has 0 saturated carbocycles. The lowest BCUT2D eigenvalue weighted by Gasteiger charge is -2.19. The summed E-state index contributed by atoms with van der Waals surface area (Å²) in [5, 5.41) is 10.2. The normalized spacial score (nSPS) is 11.5. The van der Waals surface area contributed by atoms with E-state index in [0.717, 1.165) is 0 Å². The second kappa shape index (κ2) is 10.9. The van der Waals surface area contributed by atoms with E-state index in [0.29, 0.717) is 0 Å². The highest BCUT2D eigenvalue weighted by molar-refractivity contribution is 6.21. The third kappa shape index (κ3) is 4.30. The zero-order valence-corrected chi connectivity index (χ0v) is 25.3. The molecule has 0 N–H and O–H groups in total. The summed E-state index contributed by atoms with van der Waals surface area (Å²) in [5.74, 6) is 0. The van der Waals surface area contributed by atoms with Gasteiger partial charge in [-0.05, 0) is 93.7 Å². The molecule has 0 unspecified atom stereocenters. The summed E-state index contributed by atoms with van der Waals surface area (Å²) in [5.41, 5.74) is 9.94. The van der Waals surface area contributed by atoms with E-state index in [9.17, 15) is 0 Å². The second-order valence-electron chi connectivity index (χ2n) is 12.1. The van der Waals surface area contributed by atoms with Crippen LogP contribution in [-0.2, 0) is 0 Å². The fraction of sp³-hybridized carbons (Fsp3) is 0. The molecule has 9 aromatic carbocycles. The summed E-state index contributed by atoms with van der Waals surface area (Å²) >= 11 is 0. The SMILES string of the molecule is c1ccc(-c2ccc(-c3c(-c4ccc(-c5cc6ccccc6c6ccccc56)cc4)c4ccccc4c4ccccc34)cc2)cc1. The van der Waals surface area contributed by atoms with Gasteiger partial charge in [0.15, 0.2) is 0 Å². The Morgan fingerprint density at radius 3 is 1.15 bits per heavy atom. The van der Waals surface area contributed by atoms with Gasteiger partial charge in [-0.15, -0.1) is 0 Å². The molecule has 0 radical (unpaired) electrons. The Bertz CT molecular complexity index is 2540. The highest BCUT2D eigenvalue weighted by Crippen LogP contribution is 2.45. The number of fused-ring (bicyclic) bond motifs is 6. The Morgan fingerprint density at radius 2 is 0.587 bits per heavy atom. The van der Waals surface area contributed by atoms with E-state index in [2.05, 4.69) is 182 Å². The van der Waals surface area contributed by atoms with Gasteiger partial charge in [0.2, 0.25) is 0 Å². The quantitative estimate of drug-likeness (QED) is 0.181. The van der Waals surface area contributed by atoms with Gasteiger partial charge >= 0.3 is 0 Å². The van der Waals surface area contributed by atoms with Crippen molar-refractivity contribution < 1.29 is 0 Å². The minimum atomic E-state index is 1.22. The minimum Gasteiger partial charge on any atom is -0.0622 e. The van der Waals surface area contributed by atoms with Gasteiger partial charge in [0.05, 0.1) is 0 Å². The highest BCUT2D eigenvalue weighted by Gasteiger charge is 2.18. The van der Waals surface area contributed by atoms with Gasteiger partial charge in [0, 0.05) is 0 Å². The molecule has 0 fully saturated rings. The van der Waals surface area contributed by atoms with Gasteiger partial charge in [-0.25, -0.2) is 0 Å². The van der Waals surface area contributed by atoms with Crippen LogP contribution < -0.4 is 0 Å². The average molecular weight is 583 g/mol. The van der Waals surface area contributed by atoms with E-state index in [-0.39, 0.29) is 0 Å². The zero-order chi connectivity index (χ0) is 30.5. The van der Waals surface area contributed by atoms with Crippen LogP contribution in [0.5, 0.6) is 0 Å². The van der Waals surface area contributed by atoms with E-state index in [1.54, 1.807) is 0 Å². The van der Waals surface area contributed by atoms with Crippen molar-refractivity contribution in [1.82, 2.24) is 0 Å². The second-order valence-corrected chi connectivity index (χ2v) is 12.1. The molecule has 0 saturated heterocycles. The first kappa shape index (κ1) is 26.4. The largest absolute Gasteiger partial charge is 0.0622 e. The molecule has 0 aromatic heterocycles. The Morgan fingerprint density at radius 1 is 0.217 bits per heavy atom. The molecule has 9 rings (SSSR count). The Balaban J connectivity index is 1.26. The van der Waals surface area contributed by atoms with Crippen molar-refractivity contribution in [3.8, 4) is 44.5 Å². The van der Waals surface area contributed by atoms with Gasteiger partial charge in [-0.3, -0.25) is 0 Å². The minimum absolute atomic E-state index is 1.22. The molecular weight excluding hydrogens is 553 g/mol. The first-order valence-electron chi connectivity index (χ1n) is 15.9. The maximum absolute atomic E-state index is 2.35. The van der Waals surface area contributed by atoms with E-state index in [1.165, 1.54) is 87.6 Å². The molecule has 214 valence electrons. The lowest BCUT2D eigenvalue weighted by molar-refractivity contribution is 1.60. The summed E-state index contributed by atoms with van der Waals surface area (Å²) in [6.07, 6.45) is 0. The van der Waals surface area contributed by atoms with Crippen molar-refractivity contribution in [3.63, 3.8) is 0 Å². The van der Waals surface area contributed by atoms with E-state index in [1.807, 2.05) is 0 Å². The Hall–Kier alpha value is -5.98. The molecule has 0 heterocycles. The fourth-order valence-corrected chi connectivity index (χ4v) is 7.31. The molecule has 0 bridgehead atoms. The van der Waals surface area contributed by atoms with Crippen molar-refractivity contribution >= 4 is 43.1 Å². The first-order valence-corrected chi connectivity index (χ1v) is 15.9. The van der Waals surface area contributed by atoms with E-state index in [4.69, 9.17) is 0 Å². The van der Waals surface area contributed by atoms with E-state index >= 15 is 0 Å². The van der Waals surface area contributed by atoms with Crippen LogP contribution in [0.4, 0.5) is 0 Å². The molecule has 0 aliphatic carbocycles. The predicted molar refractivity (Wildman–Crippen MR) is 198 cm³/mol. The highest BCUT2D eigenvalue weighted by atomic mass is 14.2. The van der Waals surface area contributed by atoms with Crippen LogP contribution in [0.15, 0.2) is 182 Å². The Kier molecular flexibility index (Phi) is 6.25. The first-order chi connectivity index (χ1) is 22.8. The molecule has 0 aliphatic rings. The number of rotatable bonds is 4. The van der Waals surface area contributed by atoms with Crippen LogP contribution in [-0.4, -0.2) is 0 Å². The molecule has 0 spiro atoms. The van der Waals surface area contributed by atoms with Crippen molar-refractivity contribution in [1.29, 1.82) is 0 Å². The smallest absolute Gasteiger partial charge is 0.00203 e. The fourth-order valence-electron chi connectivity index (χ4n) is 7.31. The van der Waals surface area contributed by atoms with Gasteiger partial charge in [-0.2, -0.15) is 0 Å². The van der Waals surface area contributed by atoms with Crippen molar-refractivity contribution in [2.24, 2.45) is 0 Å². The molecule has 0 aliphatic heterocycles. The van der Waals surface area contributed by atoms with Crippen molar-refractivity contribution in [2.75, 3.05) is 0 Å².